The molecule has 0 saturated carbocycles. The molecular weight excluding hydrogens is 496 g/mol. The van der Waals surface area contributed by atoms with E-state index in [0.717, 1.165) is 91.2 Å². The molecule has 2 aromatic rings. The van der Waals surface area contributed by atoms with E-state index in [9.17, 15) is 9.59 Å². The first-order valence-corrected chi connectivity index (χ1v) is 14.8. The van der Waals surface area contributed by atoms with Crippen molar-refractivity contribution in [2.24, 2.45) is 0 Å². The van der Waals surface area contributed by atoms with Gasteiger partial charge in [0.2, 0.25) is 0 Å². The number of piperidine rings is 1. The third-order valence-corrected chi connectivity index (χ3v) is 8.45. The number of nitrogens with one attached hydrogen (secondary N) is 1. The van der Waals surface area contributed by atoms with Crippen LogP contribution in [0.3, 0.4) is 0 Å². The Morgan fingerprint density at radius 2 is 1.85 bits per heavy atom. The number of amides is 1. The number of pyridine rings is 1. The quantitative estimate of drug-likeness (QED) is 0.494. The van der Waals surface area contributed by atoms with Crippen molar-refractivity contribution in [3.63, 3.8) is 0 Å². The molecule has 0 unspecified atom stereocenters. The van der Waals surface area contributed by atoms with E-state index in [1.54, 1.807) is 0 Å². The average molecular weight is 539 g/mol. The number of Topliss-reactive ketones (excluding diaryl/α,β-unsaturated/α-hetero) is 1. The molecule has 0 radical (unpaired) electrons. The molecule has 40 heavy (non-hydrogen) atoms. The monoisotopic (exact) mass is 538 g/mol. The molecule has 5 rings (SSSR count). The van der Waals surface area contributed by atoms with Crippen molar-refractivity contribution in [3.05, 3.63) is 93.9 Å². The molecule has 6 nitrogen and oxygen atoms in total. The molecule has 210 valence electrons. The van der Waals surface area contributed by atoms with Gasteiger partial charge >= 0.3 is 0 Å². The minimum atomic E-state index is -0.103. The van der Waals surface area contributed by atoms with Crippen molar-refractivity contribution in [3.8, 4) is 0 Å². The second kappa shape index (κ2) is 12.8. The number of allylic oxidation sites excluding steroid dienone is 5. The molecule has 1 aliphatic carbocycles. The van der Waals surface area contributed by atoms with Crippen LogP contribution in [0.5, 0.6) is 0 Å². The second-order valence-corrected chi connectivity index (χ2v) is 11.4. The highest BCUT2D eigenvalue weighted by Gasteiger charge is 2.27. The Labute approximate surface area is 238 Å². The maximum Gasteiger partial charge on any atom is 0.251 e. The van der Waals surface area contributed by atoms with Crippen molar-refractivity contribution >= 4 is 17.4 Å². The summed E-state index contributed by atoms with van der Waals surface area (Å²) < 4.78 is 0. The zero-order valence-electron chi connectivity index (χ0n) is 24.2. The van der Waals surface area contributed by atoms with Crippen LogP contribution in [0.4, 0.5) is 5.69 Å². The van der Waals surface area contributed by atoms with Crippen LogP contribution >= 0.6 is 0 Å². The van der Waals surface area contributed by atoms with Gasteiger partial charge in [-0.15, -0.1) is 0 Å². The molecule has 1 N–H and O–H groups in total. The number of carbonyl (C=O) groups excluding carboxylic acids is 2. The zero-order valence-corrected chi connectivity index (χ0v) is 24.2. The number of hydrogen-bond acceptors (Lipinski definition) is 5. The molecule has 6 heteroatoms. The summed E-state index contributed by atoms with van der Waals surface area (Å²) in [6.07, 6.45) is 11.6. The highest BCUT2D eigenvalue weighted by atomic mass is 16.2. The largest absolute Gasteiger partial charge is 0.368 e. The SMILES string of the molecule is CCN(c1cccc2c1C/C=C/CCC1=C(CNC2=O)C(=O)CC(C)=C1)C1CCN(Cc2cccc(C)n2)CC1. The van der Waals surface area contributed by atoms with Crippen LogP contribution in [0.1, 0.15) is 73.3 Å². The van der Waals surface area contributed by atoms with Gasteiger partial charge in [-0.2, -0.15) is 0 Å². The molecule has 3 heterocycles. The standard InChI is InChI=1S/C34H42N4O2/c1-4-38(28-16-18-37(19-17-28)23-27-12-8-10-25(3)36-27)32-15-9-14-30-29(32)13-7-5-6-11-26-20-24(2)21-33(39)31(26)22-35-34(30)40/h5,7-10,12,14-15,20,28H,4,6,11,13,16-19,21-23H2,1-3H3,(H,35,40)/b7-5+. The van der Waals surface area contributed by atoms with Crippen LogP contribution < -0.4 is 10.2 Å². The number of aromatic nitrogens is 1. The van der Waals surface area contributed by atoms with E-state index in [-0.39, 0.29) is 18.2 Å². The third-order valence-electron chi connectivity index (χ3n) is 8.45. The number of aryl methyl sites for hydroxylation is 1. The Bertz CT molecular complexity index is 1350. The van der Waals surface area contributed by atoms with Crippen LogP contribution in [0.2, 0.25) is 0 Å². The Morgan fingerprint density at radius 1 is 1.05 bits per heavy atom. The molecule has 1 aromatic carbocycles. The Hall–Kier alpha value is -3.51. The van der Waals surface area contributed by atoms with Crippen LogP contribution in [-0.2, 0) is 17.8 Å². The van der Waals surface area contributed by atoms with E-state index < -0.39 is 0 Å². The van der Waals surface area contributed by atoms with Gasteiger partial charge in [0.25, 0.3) is 5.91 Å². The van der Waals surface area contributed by atoms with Crippen molar-refractivity contribution in [1.82, 2.24) is 15.2 Å². The Kier molecular flexibility index (Phi) is 8.95. The number of nitrogens with zero attached hydrogens (tertiary/aromatic N) is 3. The molecule has 0 spiro atoms. The van der Waals surface area contributed by atoms with Gasteiger partial charge in [-0.05, 0) is 88.3 Å². The van der Waals surface area contributed by atoms with Gasteiger partial charge in [-0.3, -0.25) is 19.5 Å². The van der Waals surface area contributed by atoms with Crippen LogP contribution in [0.15, 0.2) is 71.3 Å². The molecule has 1 saturated heterocycles. The fourth-order valence-corrected chi connectivity index (χ4v) is 6.43. The van der Waals surface area contributed by atoms with Gasteiger partial charge in [0.1, 0.15) is 0 Å². The van der Waals surface area contributed by atoms with Crippen molar-refractivity contribution in [1.29, 1.82) is 0 Å². The van der Waals surface area contributed by atoms with Crippen LogP contribution in [0, 0.1) is 6.92 Å². The normalized spacial score (nSPS) is 20.0. The topological polar surface area (TPSA) is 65.5 Å². The predicted octanol–water partition coefficient (Wildman–Crippen LogP) is 5.72. The highest BCUT2D eigenvalue weighted by molar-refractivity contribution is 6.02. The van der Waals surface area contributed by atoms with Gasteiger partial charge in [-0.1, -0.05) is 35.9 Å². The van der Waals surface area contributed by atoms with Crippen molar-refractivity contribution < 1.29 is 9.59 Å². The number of rotatable bonds is 5. The lowest BCUT2D eigenvalue weighted by Crippen LogP contribution is -2.45. The van der Waals surface area contributed by atoms with E-state index in [2.05, 4.69) is 58.5 Å². The number of hydrogen-bond donors (Lipinski definition) is 1. The highest BCUT2D eigenvalue weighted by Crippen LogP contribution is 2.31. The fraction of sp³-hybridized carbons (Fsp3) is 0.441. The smallest absolute Gasteiger partial charge is 0.251 e. The van der Waals surface area contributed by atoms with E-state index in [1.807, 2.05) is 32.0 Å². The summed E-state index contributed by atoms with van der Waals surface area (Å²) in [7, 11) is 0. The second-order valence-electron chi connectivity index (χ2n) is 11.4. The number of anilines is 1. The number of likely N-dealkylation sites (tertiary alicyclic amines) is 1. The molecule has 0 atom stereocenters. The Balaban J connectivity index is 1.34. The first kappa shape index (κ1) is 28.0. The van der Waals surface area contributed by atoms with Crippen molar-refractivity contribution in [2.45, 2.75) is 71.9 Å². The predicted molar refractivity (Wildman–Crippen MR) is 162 cm³/mol. The summed E-state index contributed by atoms with van der Waals surface area (Å²) in [5, 5.41) is 3.10. The summed E-state index contributed by atoms with van der Waals surface area (Å²) in [4.78, 5) is 36.1. The van der Waals surface area contributed by atoms with Crippen LogP contribution in [0.25, 0.3) is 0 Å². The maximum atomic E-state index is 13.5. The first-order chi connectivity index (χ1) is 19.4. The molecule has 1 aromatic heterocycles. The zero-order chi connectivity index (χ0) is 28.1. The molecule has 1 fully saturated rings. The van der Waals surface area contributed by atoms with Crippen LogP contribution in [-0.4, -0.2) is 53.8 Å². The maximum absolute atomic E-state index is 13.5. The lowest BCUT2D eigenvalue weighted by molar-refractivity contribution is -0.115. The summed E-state index contributed by atoms with van der Waals surface area (Å²) in [6, 6.07) is 12.8. The minimum Gasteiger partial charge on any atom is -0.368 e. The number of fused-ring (bicyclic) bond motifs is 1. The van der Waals surface area contributed by atoms with E-state index >= 15 is 0 Å². The van der Waals surface area contributed by atoms with Gasteiger partial charge in [-0.25, -0.2) is 0 Å². The lowest BCUT2D eigenvalue weighted by atomic mass is 9.89. The number of benzene rings is 1. The summed E-state index contributed by atoms with van der Waals surface area (Å²) >= 11 is 0. The van der Waals surface area contributed by atoms with Crippen molar-refractivity contribution in [2.75, 3.05) is 31.1 Å². The van der Waals surface area contributed by atoms with Gasteiger partial charge in [0.15, 0.2) is 5.78 Å². The van der Waals surface area contributed by atoms with Gasteiger partial charge < -0.3 is 10.2 Å². The molecular formula is C34H42N4O2. The summed E-state index contributed by atoms with van der Waals surface area (Å²) in [5.41, 5.74) is 8.06. The minimum absolute atomic E-state index is 0.103. The first-order valence-electron chi connectivity index (χ1n) is 14.8. The number of carbonyl (C=O) groups is 2. The Morgan fingerprint density at radius 3 is 2.62 bits per heavy atom. The molecule has 1 amide bonds. The average Bonchev–Trinajstić information content (AvgIpc) is 2.93. The summed E-state index contributed by atoms with van der Waals surface area (Å²) in [5.74, 6) is 0.0280. The van der Waals surface area contributed by atoms with Gasteiger partial charge in [0, 0.05) is 67.7 Å². The molecule has 3 aliphatic rings. The molecule has 0 bridgehead atoms. The number of ketones is 1. The lowest BCUT2D eigenvalue weighted by Gasteiger charge is -2.40. The van der Waals surface area contributed by atoms with E-state index in [4.69, 9.17) is 4.98 Å². The van der Waals surface area contributed by atoms with E-state index in [1.165, 1.54) is 0 Å². The summed E-state index contributed by atoms with van der Waals surface area (Å²) in [6.45, 7) is 10.4. The van der Waals surface area contributed by atoms with Gasteiger partial charge in [0.05, 0.1) is 5.69 Å². The third kappa shape index (κ3) is 6.44. The fourth-order valence-electron chi connectivity index (χ4n) is 6.43. The molecule has 2 aliphatic heterocycles. The van der Waals surface area contributed by atoms with E-state index in [0.29, 0.717) is 24.4 Å².